The molecule has 1 aliphatic heterocycles. The highest BCUT2D eigenvalue weighted by atomic mass is 35.5. The first-order valence-electron chi connectivity index (χ1n) is 9.44. The third-order valence-electron chi connectivity index (χ3n) is 4.79. The van der Waals surface area contributed by atoms with Crippen molar-refractivity contribution < 1.29 is 17.9 Å². The lowest BCUT2D eigenvalue weighted by Crippen LogP contribution is -2.47. The Kier molecular flexibility index (Phi) is 7.60. The molecule has 1 fully saturated rings. The molecule has 162 valence electrons. The Morgan fingerprint density at radius 1 is 1.17 bits per heavy atom. The summed E-state index contributed by atoms with van der Waals surface area (Å²) in [5.74, 6) is -0.281. The maximum absolute atomic E-state index is 12.7. The van der Waals surface area contributed by atoms with E-state index in [0.29, 0.717) is 25.3 Å². The lowest BCUT2D eigenvalue weighted by molar-refractivity contribution is 0.0204. The van der Waals surface area contributed by atoms with Gasteiger partial charge in [-0.3, -0.25) is 14.4 Å². The van der Waals surface area contributed by atoms with Gasteiger partial charge in [-0.05, 0) is 43.3 Å². The number of nitrogens with one attached hydrogen (secondary N) is 2. The van der Waals surface area contributed by atoms with Gasteiger partial charge in [-0.2, -0.15) is 0 Å². The second-order valence-corrected chi connectivity index (χ2v) is 9.46. The van der Waals surface area contributed by atoms with E-state index in [2.05, 4.69) is 14.9 Å². The fraction of sp³-hybridized carbons (Fsp3) is 0.350. The number of hydrogen-bond donors (Lipinski definition) is 2. The number of ether oxygens (including phenoxy) is 1. The van der Waals surface area contributed by atoms with Gasteiger partial charge in [-0.15, -0.1) is 0 Å². The van der Waals surface area contributed by atoms with E-state index >= 15 is 0 Å². The van der Waals surface area contributed by atoms with Gasteiger partial charge >= 0.3 is 0 Å². The Morgan fingerprint density at radius 2 is 1.90 bits per heavy atom. The van der Waals surface area contributed by atoms with Crippen LogP contribution in [0.3, 0.4) is 0 Å². The second kappa shape index (κ2) is 9.98. The number of halogens is 2. The van der Waals surface area contributed by atoms with E-state index in [-0.39, 0.29) is 32.6 Å². The Hall–Kier alpha value is -1.84. The van der Waals surface area contributed by atoms with E-state index in [1.165, 1.54) is 24.3 Å². The average molecular weight is 472 g/mol. The molecule has 1 amide bonds. The summed E-state index contributed by atoms with van der Waals surface area (Å²) in [4.78, 5) is 14.7. The molecular formula is C20H23Cl2N3O4S. The molecule has 2 aromatic rings. The largest absolute Gasteiger partial charge is 0.379 e. The van der Waals surface area contributed by atoms with E-state index in [1.54, 1.807) is 18.2 Å². The summed E-state index contributed by atoms with van der Waals surface area (Å²) >= 11 is 11.9. The van der Waals surface area contributed by atoms with Crippen LogP contribution < -0.4 is 10.0 Å². The number of rotatable bonds is 7. The maximum atomic E-state index is 12.7. The zero-order valence-electron chi connectivity index (χ0n) is 16.4. The summed E-state index contributed by atoms with van der Waals surface area (Å²) in [6, 6.07) is 10.6. The van der Waals surface area contributed by atoms with Crippen LogP contribution in [-0.4, -0.2) is 58.1 Å². The standard InChI is InChI=1S/C20H23Cl2N3O4S/c1-14(25-7-9-29-10-8-25)13-23-20(26)15-3-2-4-17(11-15)24-30(27,28)19-12-16(21)5-6-18(19)22/h2-6,11-12,14,24H,7-10,13H2,1H3,(H,23,26). The first-order valence-corrected chi connectivity index (χ1v) is 11.7. The minimum atomic E-state index is -3.97. The van der Waals surface area contributed by atoms with Gasteiger partial charge in [0.15, 0.2) is 0 Å². The molecule has 0 aromatic heterocycles. The van der Waals surface area contributed by atoms with Crippen LogP contribution in [0, 0.1) is 0 Å². The van der Waals surface area contributed by atoms with Gasteiger partial charge in [-0.1, -0.05) is 29.3 Å². The van der Waals surface area contributed by atoms with Gasteiger partial charge in [0.1, 0.15) is 4.90 Å². The Labute approximate surface area is 186 Å². The molecule has 0 spiro atoms. The van der Waals surface area contributed by atoms with Crippen LogP contribution in [0.4, 0.5) is 5.69 Å². The fourth-order valence-corrected chi connectivity index (χ4v) is 4.92. The first-order chi connectivity index (χ1) is 14.3. The van der Waals surface area contributed by atoms with Crippen molar-refractivity contribution in [2.45, 2.75) is 17.9 Å². The summed E-state index contributed by atoms with van der Waals surface area (Å²) in [5, 5.41) is 3.20. The molecule has 1 atom stereocenters. The molecule has 1 unspecified atom stereocenters. The molecule has 0 radical (unpaired) electrons. The van der Waals surface area contributed by atoms with Crippen LogP contribution in [-0.2, 0) is 14.8 Å². The second-order valence-electron chi connectivity index (χ2n) is 6.97. The lowest BCUT2D eigenvalue weighted by atomic mass is 10.2. The molecule has 2 N–H and O–H groups in total. The number of hydrogen-bond acceptors (Lipinski definition) is 5. The summed E-state index contributed by atoms with van der Waals surface area (Å²) < 4.78 is 33.1. The van der Waals surface area contributed by atoms with Crippen molar-refractivity contribution >= 4 is 44.8 Å². The van der Waals surface area contributed by atoms with Crippen molar-refractivity contribution in [2.75, 3.05) is 37.6 Å². The summed E-state index contributed by atoms with van der Waals surface area (Å²) in [6.07, 6.45) is 0. The molecule has 0 aliphatic carbocycles. The average Bonchev–Trinajstić information content (AvgIpc) is 2.74. The van der Waals surface area contributed by atoms with Crippen molar-refractivity contribution in [3.8, 4) is 0 Å². The number of sulfonamides is 1. The van der Waals surface area contributed by atoms with Crippen molar-refractivity contribution in [1.82, 2.24) is 10.2 Å². The van der Waals surface area contributed by atoms with Crippen LogP contribution in [0.5, 0.6) is 0 Å². The number of carbonyl (C=O) groups is 1. The molecule has 1 saturated heterocycles. The van der Waals surface area contributed by atoms with E-state index in [4.69, 9.17) is 27.9 Å². The minimum absolute atomic E-state index is 0.0536. The molecule has 0 bridgehead atoms. The molecule has 30 heavy (non-hydrogen) atoms. The molecule has 3 rings (SSSR count). The smallest absolute Gasteiger partial charge is 0.263 e. The molecule has 1 aliphatic rings. The van der Waals surface area contributed by atoms with Crippen LogP contribution >= 0.6 is 23.2 Å². The molecule has 10 heteroatoms. The normalized spacial score (nSPS) is 16.1. The Bertz CT molecular complexity index is 1010. The molecule has 1 heterocycles. The van der Waals surface area contributed by atoms with Crippen LogP contribution in [0.2, 0.25) is 10.0 Å². The first kappa shape index (κ1) is 22.8. The van der Waals surface area contributed by atoms with Crippen LogP contribution in [0.15, 0.2) is 47.4 Å². The van der Waals surface area contributed by atoms with Gasteiger partial charge in [0.2, 0.25) is 0 Å². The van der Waals surface area contributed by atoms with Gasteiger partial charge in [0.25, 0.3) is 15.9 Å². The minimum Gasteiger partial charge on any atom is -0.379 e. The van der Waals surface area contributed by atoms with Gasteiger partial charge in [0.05, 0.1) is 18.2 Å². The molecule has 7 nitrogen and oxygen atoms in total. The fourth-order valence-electron chi connectivity index (χ4n) is 3.11. The highest BCUT2D eigenvalue weighted by Gasteiger charge is 2.20. The zero-order chi connectivity index (χ0) is 21.7. The van der Waals surface area contributed by atoms with Crippen LogP contribution in [0.25, 0.3) is 0 Å². The molecule has 2 aromatic carbocycles. The molecular weight excluding hydrogens is 449 g/mol. The van der Waals surface area contributed by atoms with Gasteiger partial charge < -0.3 is 10.1 Å². The summed E-state index contributed by atoms with van der Waals surface area (Å²) in [7, 11) is -3.97. The SMILES string of the molecule is CC(CNC(=O)c1cccc(NS(=O)(=O)c2cc(Cl)ccc2Cl)c1)N1CCOCC1. The third kappa shape index (κ3) is 5.86. The highest BCUT2D eigenvalue weighted by Crippen LogP contribution is 2.27. The van der Waals surface area contributed by atoms with Crippen molar-refractivity contribution in [2.24, 2.45) is 0 Å². The van der Waals surface area contributed by atoms with E-state index < -0.39 is 10.0 Å². The van der Waals surface area contributed by atoms with E-state index in [1.807, 2.05) is 6.92 Å². The third-order valence-corrected chi connectivity index (χ3v) is 6.88. The monoisotopic (exact) mass is 471 g/mol. The zero-order valence-corrected chi connectivity index (χ0v) is 18.7. The molecule has 0 saturated carbocycles. The summed E-state index contributed by atoms with van der Waals surface area (Å²) in [5.41, 5.74) is 0.599. The number of nitrogens with zero attached hydrogens (tertiary/aromatic N) is 1. The van der Waals surface area contributed by atoms with Crippen molar-refractivity contribution in [3.05, 3.63) is 58.1 Å². The number of carbonyl (C=O) groups excluding carboxylic acids is 1. The van der Waals surface area contributed by atoms with Gasteiger partial charge in [0, 0.05) is 41.9 Å². The summed E-state index contributed by atoms with van der Waals surface area (Å²) in [6.45, 7) is 5.58. The van der Waals surface area contributed by atoms with E-state index in [0.717, 1.165) is 13.1 Å². The Morgan fingerprint density at radius 3 is 2.63 bits per heavy atom. The maximum Gasteiger partial charge on any atom is 0.263 e. The van der Waals surface area contributed by atoms with Gasteiger partial charge in [-0.25, -0.2) is 8.42 Å². The number of morpholine rings is 1. The number of amides is 1. The number of benzene rings is 2. The predicted octanol–water partition coefficient (Wildman–Crippen LogP) is 3.24. The number of anilines is 1. The van der Waals surface area contributed by atoms with Crippen LogP contribution in [0.1, 0.15) is 17.3 Å². The highest BCUT2D eigenvalue weighted by molar-refractivity contribution is 7.92. The lowest BCUT2D eigenvalue weighted by Gasteiger charge is -2.32. The Balaban J connectivity index is 1.66. The predicted molar refractivity (Wildman–Crippen MR) is 118 cm³/mol. The van der Waals surface area contributed by atoms with Crippen molar-refractivity contribution in [3.63, 3.8) is 0 Å². The van der Waals surface area contributed by atoms with Crippen molar-refractivity contribution in [1.29, 1.82) is 0 Å². The van der Waals surface area contributed by atoms with E-state index in [9.17, 15) is 13.2 Å². The quantitative estimate of drug-likeness (QED) is 0.646. The topological polar surface area (TPSA) is 87.7 Å².